The molecule has 0 amide bonds. The molecule has 0 radical (unpaired) electrons. The van der Waals surface area contributed by atoms with Gasteiger partial charge in [-0.2, -0.15) is 0 Å². The van der Waals surface area contributed by atoms with E-state index in [9.17, 15) is 9.90 Å². The van der Waals surface area contributed by atoms with Gasteiger partial charge in [-0.25, -0.2) is 0 Å². The molecular formula is C19H23ClNO3+. The van der Waals surface area contributed by atoms with Crippen molar-refractivity contribution in [2.75, 3.05) is 19.7 Å². The third-order valence-corrected chi connectivity index (χ3v) is 3.92. The molecule has 128 valence electrons. The summed E-state index contributed by atoms with van der Waals surface area (Å²) in [7, 11) is 0. The zero-order chi connectivity index (χ0) is 17.4. The molecule has 0 bridgehead atoms. The van der Waals surface area contributed by atoms with Gasteiger partial charge in [-0.05, 0) is 36.8 Å². The van der Waals surface area contributed by atoms with Crippen molar-refractivity contribution in [3.05, 3.63) is 64.7 Å². The van der Waals surface area contributed by atoms with Gasteiger partial charge in [0, 0.05) is 17.0 Å². The first-order chi connectivity index (χ1) is 11.5. The number of ether oxygens (including phenoxy) is 1. The monoisotopic (exact) mass is 348 g/mol. The summed E-state index contributed by atoms with van der Waals surface area (Å²) in [5, 5.41) is 12.8. The van der Waals surface area contributed by atoms with E-state index in [1.807, 2.05) is 24.3 Å². The van der Waals surface area contributed by atoms with E-state index in [2.05, 4.69) is 5.32 Å². The molecular weight excluding hydrogens is 326 g/mol. The minimum atomic E-state index is -0.559. The van der Waals surface area contributed by atoms with Crippen molar-refractivity contribution in [3.8, 4) is 5.75 Å². The van der Waals surface area contributed by atoms with Crippen LogP contribution in [0.15, 0.2) is 48.5 Å². The maximum absolute atomic E-state index is 11.3. The van der Waals surface area contributed by atoms with Crippen LogP contribution in [-0.4, -0.2) is 36.7 Å². The molecule has 2 aromatic rings. The van der Waals surface area contributed by atoms with Crippen LogP contribution < -0.4 is 10.1 Å². The Hall–Kier alpha value is -1.88. The molecule has 1 atom stereocenters. The number of aliphatic hydroxyl groups excluding tert-OH is 1. The number of Topliss-reactive ketones (excluding diaryl/α,β-unsaturated/α-hetero) is 1. The minimum absolute atomic E-state index is 0.00321. The van der Waals surface area contributed by atoms with E-state index < -0.39 is 6.10 Å². The van der Waals surface area contributed by atoms with E-state index in [4.69, 9.17) is 16.3 Å². The summed E-state index contributed by atoms with van der Waals surface area (Å²) in [6.45, 7) is 3.18. The molecule has 0 fully saturated rings. The molecule has 24 heavy (non-hydrogen) atoms. The number of benzene rings is 2. The van der Waals surface area contributed by atoms with Gasteiger partial charge >= 0.3 is 0 Å². The lowest BCUT2D eigenvalue weighted by molar-refractivity contribution is -0.660. The lowest BCUT2D eigenvalue weighted by Gasteiger charge is -2.12. The molecule has 0 aliphatic rings. The summed E-state index contributed by atoms with van der Waals surface area (Å²) in [5.41, 5.74) is 1.83. The fourth-order valence-corrected chi connectivity index (χ4v) is 2.42. The Balaban J connectivity index is 1.66. The second-order valence-corrected chi connectivity index (χ2v) is 6.17. The fourth-order valence-electron chi connectivity index (χ4n) is 2.30. The number of carbonyl (C=O) groups excluding carboxylic acids is 1. The molecule has 0 saturated heterocycles. The molecule has 5 heteroatoms. The van der Waals surface area contributed by atoms with Crippen molar-refractivity contribution in [2.24, 2.45) is 0 Å². The van der Waals surface area contributed by atoms with Crippen molar-refractivity contribution in [1.82, 2.24) is 0 Å². The average molecular weight is 349 g/mol. The number of rotatable bonds is 9. The van der Waals surface area contributed by atoms with Crippen molar-refractivity contribution < 1.29 is 20.0 Å². The van der Waals surface area contributed by atoms with Gasteiger partial charge in [0.1, 0.15) is 25.0 Å². The molecule has 4 nitrogen and oxygen atoms in total. The van der Waals surface area contributed by atoms with E-state index in [0.717, 1.165) is 18.0 Å². The van der Waals surface area contributed by atoms with Gasteiger partial charge in [0.15, 0.2) is 5.78 Å². The summed E-state index contributed by atoms with van der Waals surface area (Å²) in [6, 6.07) is 14.8. The number of halogens is 1. The first kappa shape index (κ1) is 18.5. The Bertz CT molecular complexity index is 658. The Morgan fingerprint density at radius 2 is 2.00 bits per heavy atom. The Labute approximate surface area is 147 Å². The summed E-state index contributed by atoms with van der Waals surface area (Å²) in [6.07, 6.45) is 0.363. The molecule has 0 unspecified atom stereocenters. The number of hydrogen-bond acceptors (Lipinski definition) is 3. The van der Waals surface area contributed by atoms with Gasteiger partial charge in [-0.15, -0.1) is 0 Å². The molecule has 0 aliphatic carbocycles. The zero-order valence-electron chi connectivity index (χ0n) is 13.7. The highest BCUT2D eigenvalue weighted by Crippen LogP contribution is 2.14. The predicted octanol–water partition coefficient (Wildman–Crippen LogP) is 2.09. The van der Waals surface area contributed by atoms with Crippen LogP contribution in [0.5, 0.6) is 5.75 Å². The molecule has 0 aliphatic heterocycles. The van der Waals surface area contributed by atoms with E-state index in [1.54, 1.807) is 24.3 Å². The quantitative estimate of drug-likeness (QED) is 0.539. The third kappa shape index (κ3) is 6.32. The molecule has 2 aromatic carbocycles. The second-order valence-electron chi connectivity index (χ2n) is 5.74. The summed E-state index contributed by atoms with van der Waals surface area (Å²) in [5.74, 6) is 0.597. The van der Waals surface area contributed by atoms with Crippen molar-refractivity contribution in [3.63, 3.8) is 0 Å². The van der Waals surface area contributed by atoms with Gasteiger partial charge in [0.25, 0.3) is 0 Å². The Kier molecular flexibility index (Phi) is 7.25. The second kappa shape index (κ2) is 9.42. The van der Waals surface area contributed by atoms with Gasteiger partial charge < -0.3 is 15.2 Å². The number of carbonyl (C=O) groups is 1. The maximum Gasteiger partial charge on any atom is 0.159 e. The standard InChI is InChI=1S/C19H22ClNO3/c1-14(22)16-3-2-4-19(11-16)24-13-18(23)12-21-10-9-15-5-7-17(20)8-6-15/h2-8,11,18,21,23H,9-10,12-13H2,1H3/p+1/t18-/m1/s1. The smallest absolute Gasteiger partial charge is 0.159 e. The average Bonchev–Trinajstić information content (AvgIpc) is 2.58. The molecule has 0 saturated carbocycles. The summed E-state index contributed by atoms with van der Waals surface area (Å²) >= 11 is 5.85. The van der Waals surface area contributed by atoms with E-state index in [0.29, 0.717) is 17.9 Å². The van der Waals surface area contributed by atoms with Crippen molar-refractivity contribution >= 4 is 17.4 Å². The van der Waals surface area contributed by atoms with Crippen LogP contribution in [0, 0.1) is 0 Å². The van der Waals surface area contributed by atoms with Crippen molar-refractivity contribution in [2.45, 2.75) is 19.4 Å². The van der Waals surface area contributed by atoms with E-state index >= 15 is 0 Å². The molecule has 0 spiro atoms. The van der Waals surface area contributed by atoms with E-state index in [1.165, 1.54) is 12.5 Å². The molecule has 0 aromatic heterocycles. The third-order valence-electron chi connectivity index (χ3n) is 3.67. The van der Waals surface area contributed by atoms with Gasteiger partial charge in [-0.3, -0.25) is 4.79 Å². The van der Waals surface area contributed by atoms with Crippen LogP contribution in [-0.2, 0) is 6.42 Å². The SMILES string of the molecule is CC(=O)c1cccc(OC[C@H](O)C[NH2+]CCc2ccc(Cl)cc2)c1. The lowest BCUT2D eigenvalue weighted by atomic mass is 10.1. The number of aliphatic hydroxyl groups is 1. The topological polar surface area (TPSA) is 63.1 Å². The van der Waals surface area contributed by atoms with Crippen LogP contribution in [0.1, 0.15) is 22.8 Å². The number of quaternary nitrogens is 1. The normalized spacial score (nSPS) is 12.0. The fraction of sp³-hybridized carbons (Fsp3) is 0.316. The Morgan fingerprint density at radius 3 is 2.71 bits per heavy atom. The first-order valence-corrected chi connectivity index (χ1v) is 8.40. The number of ketones is 1. The number of nitrogens with two attached hydrogens (primary N) is 1. The predicted molar refractivity (Wildman–Crippen MR) is 94.8 cm³/mol. The Morgan fingerprint density at radius 1 is 1.25 bits per heavy atom. The maximum atomic E-state index is 11.3. The van der Waals surface area contributed by atoms with Crippen LogP contribution in [0.4, 0.5) is 0 Å². The summed E-state index contributed by atoms with van der Waals surface area (Å²) < 4.78 is 5.55. The highest BCUT2D eigenvalue weighted by atomic mass is 35.5. The zero-order valence-corrected chi connectivity index (χ0v) is 14.5. The van der Waals surface area contributed by atoms with Crippen LogP contribution in [0.2, 0.25) is 5.02 Å². The van der Waals surface area contributed by atoms with Gasteiger partial charge in [0.05, 0.1) is 6.54 Å². The lowest BCUT2D eigenvalue weighted by Crippen LogP contribution is -2.87. The molecule has 2 rings (SSSR count). The first-order valence-electron chi connectivity index (χ1n) is 8.02. The largest absolute Gasteiger partial charge is 0.491 e. The van der Waals surface area contributed by atoms with E-state index in [-0.39, 0.29) is 12.4 Å². The van der Waals surface area contributed by atoms with Crippen molar-refractivity contribution in [1.29, 1.82) is 0 Å². The molecule has 0 heterocycles. The highest BCUT2D eigenvalue weighted by molar-refractivity contribution is 6.30. The van der Waals surface area contributed by atoms with Crippen LogP contribution in [0.25, 0.3) is 0 Å². The van der Waals surface area contributed by atoms with Crippen LogP contribution >= 0.6 is 11.6 Å². The van der Waals surface area contributed by atoms with Gasteiger partial charge in [0.2, 0.25) is 0 Å². The number of hydrogen-bond donors (Lipinski definition) is 2. The summed E-state index contributed by atoms with van der Waals surface area (Å²) in [4.78, 5) is 11.3. The molecule has 3 N–H and O–H groups in total. The minimum Gasteiger partial charge on any atom is -0.491 e. The van der Waals surface area contributed by atoms with Gasteiger partial charge in [-0.1, -0.05) is 35.9 Å². The van der Waals surface area contributed by atoms with Crippen LogP contribution in [0.3, 0.4) is 0 Å². The highest BCUT2D eigenvalue weighted by Gasteiger charge is 2.08.